The van der Waals surface area contributed by atoms with Gasteiger partial charge in [0, 0.05) is 28.5 Å². The Morgan fingerprint density at radius 3 is 2.97 bits per heavy atom. The van der Waals surface area contributed by atoms with Gasteiger partial charge in [-0.15, -0.1) is 21.5 Å². The van der Waals surface area contributed by atoms with E-state index >= 15 is 0 Å². The number of hydrogen-bond acceptors (Lipinski definition) is 7. The molecule has 10 heteroatoms. The van der Waals surface area contributed by atoms with Gasteiger partial charge in [0.15, 0.2) is 5.16 Å². The Balaban J connectivity index is 1.48. The standard InChI is InChI=1S/C19H15ClN6OS2/c1-26-11-22-25-19(26)29-16-6-5-12(20)8-15(16)24-17(27)9-13-10-28-18(23-13)14-4-2-3-7-21-14/h2-8,10-11H,9H2,1H3,(H,24,27). The molecule has 4 rings (SSSR count). The Bertz CT molecular complexity index is 1140. The normalized spacial score (nSPS) is 10.8. The van der Waals surface area contributed by atoms with Gasteiger partial charge in [-0.1, -0.05) is 17.7 Å². The van der Waals surface area contributed by atoms with Crippen molar-refractivity contribution < 1.29 is 4.79 Å². The number of halogens is 1. The SMILES string of the molecule is Cn1cnnc1Sc1ccc(Cl)cc1NC(=O)Cc1csc(-c2ccccn2)n1. The third kappa shape index (κ3) is 4.81. The molecular formula is C19H15ClN6OS2. The molecule has 0 spiro atoms. The van der Waals surface area contributed by atoms with Gasteiger partial charge < -0.3 is 9.88 Å². The van der Waals surface area contributed by atoms with Crippen LogP contribution in [0.4, 0.5) is 5.69 Å². The summed E-state index contributed by atoms with van der Waals surface area (Å²) in [6, 6.07) is 11.0. The minimum absolute atomic E-state index is 0.157. The maximum Gasteiger partial charge on any atom is 0.230 e. The van der Waals surface area contributed by atoms with E-state index in [1.165, 1.54) is 23.1 Å². The zero-order valence-electron chi connectivity index (χ0n) is 15.2. The molecule has 3 aromatic heterocycles. The highest BCUT2D eigenvalue weighted by Gasteiger charge is 2.14. The van der Waals surface area contributed by atoms with Crippen LogP contribution in [0.15, 0.2) is 64.4 Å². The van der Waals surface area contributed by atoms with Gasteiger partial charge in [-0.3, -0.25) is 9.78 Å². The fraction of sp³-hybridized carbons (Fsp3) is 0.105. The zero-order valence-corrected chi connectivity index (χ0v) is 17.6. The monoisotopic (exact) mass is 442 g/mol. The molecule has 3 heterocycles. The van der Waals surface area contributed by atoms with Crippen LogP contribution in [0.3, 0.4) is 0 Å². The Morgan fingerprint density at radius 1 is 1.31 bits per heavy atom. The van der Waals surface area contributed by atoms with Crippen molar-refractivity contribution in [1.29, 1.82) is 0 Å². The molecule has 0 unspecified atom stereocenters. The topological polar surface area (TPSA) is 85.6 Å². The third-order valence-electron chi connectivity index (χ3n) is 3.86. The summed E-state index contributed by atoms with van der Waals surface area (Å²) in [5.74, 6) is -0.176. The van der Waals surface area contributed by atoms with Crippen molar-refractivity contribution in [3.63, 3.8) is 0 Å². The lowest BCUT2D eigenvalue weighted by Crippen LogP contribution is -2.15. The van der Waals surface area contributed by atoms with Crippen molar-refractivity contribution in [2.75, 3.05) is 5.32 Å². The Hall–Kier alpha value is -2.75. The Labute approximate surface area is 180 Å². The van der Waals surface area contributed by atoms with Gasteiger partial charge >= 0.3 is 0 Å². The smallest absolute Gasteiger partial charge is 0.230 e. The lowest BCUT2D eigenvalue weighted by atomic mass is 10.2. The largest absolute Gasteiger partial charge is 0.325 e. The predicted octanol–water partition coefficient (Wildman–Crippen LogP) is 4.32. The van der Waals surface area contributed by atoms with E-state index in [2.05, 4.69) is 25.5 Å². The van der Waals surface area contributed by atoms with Crippen LogP contribution in [0, 0.1) is 0 Å². The third-order valence-corrected chi connectivity index (χ3v) is 6.14. The molecule has 0 fully saturated rings. The summed E-state index contributed by atoms with van der Waals surface area (Å²) in [5, 5.41) is 14.8. The van der Waals surface area contributed by atoms with E-state index in [1.807, 2.05) is 36.7 Å². The molecule has 0 atom stereocenters. The highest BCUT2D eigenvalue weighted by molar-refractivity contribution is 7.99. The van der Waals surface area contributed by atoms with E-state index in [1.54, 1.807) is 29.2 Å². The molecule has 7 nitrogen and oxygen atoms in total. The fourth-order valence-corrected chi connectivity index (χ4v) is 4.31. The molecular weight excluding hydrogens is 428 g/mol. The number of aromatic nitrogens is 5. The van der Waals surface area contributed by atoms with Gasteiger partial charge in [-0.25, -0.2) is 4.98 Å². The van der Waals surface area contributed by atoms with Crippen molar-refractivity contribution in [2.45, 2.75) is 16.5 Å². The minimum Gasteiger partial charge on any atom is -0.325 e. The first-order valence-electron chi connectivity index (χ1n) is 8.55. The second-order valence-electron chi connectivity index (χ2n) is 6.05. The number of rotatable bonds is 6. The molecule has 0 radical (unpaired) electrons. The van der Waals surface area contributed by atoms with Crippen LogP contribution in [-0.4, -0.2) is 30.6 Å². The summed E-state index contributed by atoms with van der Waals surface area (Å²) in [6.45, 7) is 0. The van der Waals surface area contributed by atoms with Crippen LogP contribution in [0.2, 0.25) is 5.02 Å². The number of nitrogens with one attached hydrogen (secondary N) is 1. The maximum absolute atomic E-state index is 12.6. The van der Waals surface area contributed by atoms with Crippen molar-refractivity contribution in [2.24, 2.45) is 7.05 Å². The predicted molar refractivity (Wildman–Crippen MR) is 114 cm³/mol. The number of carbonyl (C=O) groups excluding carboxylic acids is 1. The summed E-state index contributed by atoms with van der Waals surface area (Å²) >= 11 is 9.00. The lowest BCUT2D eigenvalue weighted by molar-refractivity contribution is -0.115. The molecule has 0 saturated heterocycles. The number of pyridine rings is 1. The Morgan fingerprint density at radius 2 is 2.21 bits per heavy atom. The van der Waals surface area contributed by atoms with E-state index in [9.17, 15) is 4.79 Å². The quantitative estimate of drug-likeness (QED) is 0.478. The number of hydrogen-bond donors (Lipinski definition) is 1. The molecule has 0 aliphatic carbocycles. The van der Waals surface area contributed by atoms with E-state index < -0.39 is 0 Å². The van der Waals surface area contributed by atoms with Gasteiger partial charge in [-0.05, 0) is 42.1 Å². The zero-order chi connectivity index (χ0) is 20.2. The van der Waals surface area contributed by atoms with Crippen molar-refractivity contribution in [1.82, 2.24) is 24.7 Å². The van der Waals surface area contributed by atoms with Gasteiger partial charge in [-0.2, -0.15) is 0 Å². The van der Waals surface area contributed by atoms with Gasteiger partial charge in [0.05, 0.1) is 23.5 Å². The molecule has 0 aliphatic heterocycles. The molecule has 1 amide bonds. The molecule has 4 aromatic rings. The summed E-state index contributed by atoms with van der Waals surface area (Å²) in [7, 11) is 1.86. The van der Waals surface area contributed by atoms with E-state index in [-0.39, 0.29) is 12.3 Å². The first-order chi connectivity index (χ1) is 14.1. The maximum atomic E-state index is 12.6. The molecule has 1 aromatic carbocycles. The molecule has 1 N–H and O–H groups in total. The number of anilines is 1. The average Bonchev–Trinajstić information content (AvgIpc) is 3.34. The fourth-order valence-electron chi connectivity index (χ4n) is 2.51. The van der Waals surface area contributed by atoms with Crippen LogP contribution in [0.1, 0.15) is 5.69 Å². The second-order valence-corrected chi connectivity index (χ2v) is 8.35. The first-order valence-corrected chi connectivity index (χ1v) is 10.6. The van der Waals surface area contributed by atoms with Crippen LogP contribution in [-0.2, 0) is 18.3 Å². The van der Waals surface area contributed by atoms with Gasteiger partial charge in [0.1, 0.15) is 11.3 Å². The highest BCUT2D eigenvalue weighted by atomic mass is 35.5. The summed E-state index contributed by atoms with van der Waals surface area (Å²) in [5.41, 5.74) is 2.11. The number of carbonyl (C=O) groups is 1. The second kappa shape index (κ2) is 8.73. The summed E-state index contributed by atoms with van der Waals surface area (Å²) in [6.07, 6.45) is 3.50. The summed E-state index contributed by atoms with van der Waals surface area (Å²) in [4.78, 5) is 22.2. The van der Waals surface area contributed by atoms with Gasteiger partial charge in [0.25, 0.3) is 0 Å². The average molecular weight is 443 g/mol. The van der Waals surface area contributed by atoms with E-state index in [4.69, 9.17) is 11.6 Å². The van der Waals surface area contributed by atoms with Crippen LogP contribution in [0.25, 0.3) is 10.7 Å². The number of amides is 1. The van der Waals surface area contributed by atoms with Crippen molar-refractivity contribution >= 4 is 46.3 Å². The highest BCUT2D eigenvalue weighted by Crippen LogP contribution is 2.34. The number of nitrogens with zero attached hydrogens (tertiary/aromatic N) is 5. The van der Waals surface area contributed by atoms with Crippen molar-refractivity contribution in [3.8, 4) is 10.7 Å². The van der Waals surface area contributed by atoms with Gasteiger partial charge in [0.2, 0.25) is 5.91 Å². The Kier molecular flexibility index (Phi) is 5.89. The molecule has 0 bridgehead atoms. The lowest BCUT2D eigenvalue weighted by Gasteiger charge is -2.10. The number of thiazole rings is 1. The number of benzene rings is 1. The van der Waals surface area contributed by atoms with Crippen LogP contribution >= 0.6 is 34.7 Å². The molecule has 146 valence electrons. The molecule has 29 heavy (non-hydrogen) atoms. The van der Waals surface area contributed by atoms with Crippen LogP contribution in [0.5, 0.6) is 0 Å². The minimum atomic E-state index is -0.176. The van der Waals surface area contributed by atoms with E-state index in [0.29, 0.717) is 21.6 Å². The van der Waals surface area contributed by atoms with E-state index in [0.717, 1.165) is 15.6 Å². The van der Waals surface area contributed by atoms with Crippen LogP contribution < -0.4 is 5.32 Å². The number of aryl methyl sites for hydroxylation is 1. The first kappa shape index (κ1) is 19.6. The van der Waals surface area contributed by atoms with Crippen molar-refractivity contribution in [3.05, 3.63) is 65.0 Å². The molecule has 0 saturated carbocycles. The molecule has 0 aliphatic rings. The summed E-state index contributed by atoms with van der Waals surface area (Å²) < 4.78 is 1.80.